The van der Waals surface area contributed by atoms with E-state index in [0.717, 1.165) is 0 Å². The Balaban J connectivity index is 1.81. The Bertz CT molecular complexity index is 808. The van der Waals surface area contributed by atoms with E-state index >= 15 is 0 Å². The number of carbonyl (C=O) groups excluding carboxylic acids is 1. The fraction of sp³-hybridized carbons (Fsp3) is 0.316. The summed E-state index contributed by atoms with van der Waals surface area (Å²) in [6, 6.07) is 14.4. The molecule has 0 saturated heterocycles. The van der Waals surface area contributed by atoms with Crippen LogP contribution in [-0.4, -0.2) is 47.8 Å². The zero-order valence-corrected chi connectivity index (χ0v) is 16.0. The van der Waals surface area contributed by atoms with Crippen LogP contribution in [0.4, 0.5) is 5.69 Å². The van der Waals surface area contributed by atoms with Crippen LogP contribution in [-0.2, 0) is 19.5 Å². The fourth-order valence-electron chi connectivity index (χ4n) is 2.23. The quantitative estimate of drug-likeness (QED) is 0.572. The lowest BCUT2D eigenvalue weighted by molar-refractivity contribution is 0.0688. The van der Waals surface area contributed by atoms with Crippen molar-refractivity contribution in [3.05, 3.63) is 60.2 Å². The topological polar surface area (TPSA) is 93.7 Å². The third-order valence-corrected chi connectivity index (χ3v) is 5.03. The first-order valence-corrected chi connectivity index (χ1v) is 10.0. The Morgan fingerprint density at radius 1 is 0.963 bits per heavy atom. The Kier molecular flexibility index (Phi) is 8.25. The zero-order chi connectivity index (χ0) is 19.5. The van der Waals surface area contributed by atoms with E-state index in [0.29, 0.717) is 44.0 Å². The highest BCUT2D eigenvalue weighted by molar-refractivity contribution is 7.92. The number of amides is 1. The highest BCUT2D eigenvalue weighted by Gasteiger charge is 2.13. The van der Waals surface area contributed by atoms with Crippen LogP contribution in [0.3, 0.4) is 0 Å². The molecule has 7 nitrogen and oxygen atoms in total. The van der Waals surface area contributed by atoms with Gasteiger partial charge in [0.1, 0.15) is 0 Å². The molecule has 27 heavy (non-hydrogen) atoms. The molecule has 146 valence electrons. The lowest BCUT2D eigenvalue weighted by Crippen LogP contribution is -2.25. The molecule has 0 aromatic heterocycles. The number of hydrogen-bond acceptors (Lipinski definition) is 5. The predicted molar refractivity (Wildman–Crippen MR) is 103 cm³/mol. The van der Waals surface area contributed by atoms with E-state index in [1.54, 1.807) is 49.6 Å². The van der Waals surface area contributed by atoms with Gasteiger partial charge in [-0.15, -0.1) is 0 Å². The van der Waals surface area contributed by atoms with Gasteiger partial charge < -0.3 is 14.8 Å². The third-order valence-electron chi connectivity index (χ3n) is 3.64. The van der Waals surface area contributed by atoms with Crippen molar-refractivity contribution in [1.82, 2.24) is 5.32 Å². The summed E-state index contributed by atoms with van der Waals surface area (Å²) in [6.45, 7) is 2.12. The van der Waals surface area contributed by atoms with Crippen molar-refractivity contribution in [2.45, 2.75) is 11.3 Å². The molecule has 8 heteroatoms. The van der Waals surface area contributed by atoms with Crippen molar-refractivity contribution in [3.8, 4) is 0 Å². The molecule has 2 rings (SSSR count). The molecule has 0 bridgehead atoms. The van der Waals surface area contributed by atoms with E-state index in [1.807, 2.05) is 0 Å². The van der Waals surface area contributed by atoms with Gasteiger partial charge in [-0.05, 0) is 42.8 Å². The zero-order valence-electron chi connectivity index (χ0n) is 15.2. The first kappa shape index (κ1) is 20.9. The van der Waals surface area contributed by atoms with E-state index in [9.17, 15) is 13.2 Å². The molecule has 0 saturated carbocycles. The smallest absolute Gasteiger partial charge is 0.261 e. The van der Waals surface area contributed by atoms with Gasteiger partial charge in [-0.1, -0.05) is 18.2 Å². The Morgan fingerprint density at radius 2 is 1.67 bits per heavy atom. The summed E-state index contributed by atoms with van der Waals surface area (Å²) < 4.78 is 37.2. The van der Waals surface area contributed by atoms with E-state index in [4.69, 9.17) is 9.47 Å². The summed E-state index contributed by atoms with van der Waals surface area (Å²) >= 11 is 0. The van der Waals surface area contributed by atoms with Crippen LogP contribution < -0.4 is 10.0 Å². The maximum Gasteiger partial charge on any atom is 0.261 e. The standard InChI is InChI=1S/C19H24N2O5S/c1-25-14-15-26-13-5-12-20-19(22)16-8-10-17(11-9-16)21-27(23,24)18-6-3-2-4-7-18/h2-4,6-11,21H,5,12-15H2,1H3,(H,20,22). The maximum absolute atomic E-state index is 12.3. The average Bonchev–Trinajstić information content (AvgIpc) is 2.68. The highest BCUT2D eigenvalue weighted by Crippen LogP contribution is 2.16. The first-order chi connectivity index (χ1) is 13.0. The van der Waals surface area contributed by atoms with Gasteiger partial charge in [0.15, 0.2) is 0 Å². The average molecular weight is 392 g/mol. The predicted octanol–water partition coefficient (Wildman–Crippen LogP) is 2.27. The number of carbonyl (C=O) groups is 1. The minimum atomic E-state index is -3.65. The number of hydrogen-bond donors (Lipinski definition) is 2. The Morgan fingerprint density at radius 3 is 2.33 bits per heavy atom. The number of anilines is 1. The number of methoxy groups -OCH3 is 1. The molecular weight excluding hydrogens is 368 g/mol. The minimum Gasteiger partial charge on any atom is -0.382 e. The third kappa shape index (κ3) is 7.01. The van der Waals surface area contributed by atoms with Gasteiger partial charge in [-0.3, -0.25) is 9.52 Å². The van der Waals surface area contributed by atoms with Crippen molar-refractivity contribution in [2.24, 2.45) is 0 Å². The van der Waals surface area contributed by atoms with Crippen LogP contribution in [0.2, 0.25) is 0 Å². The van der Waals surface area contributed by atoms with Crippen LogP contribution in [0.15, 0.2) is 59.5 Å². The van der Waals surface area contributed by atoms with Crippen molar-refractivity contribution < 1.29 is 22.7 Å². The monoisotopic (exact) mass is 392 g/mol. The van der Waals surface area contributed by atoms with Gasteiger partial charge in [0.2, 0.25) is 0 Å². The maximum atomic E-state index is 12.3. The molecule has 2 aromatic rings. The normalized spacial score (nSPS) is 11.1. The summed E-state index contributed by atoms with van der Waals surface area (Å²) in [7, 11) is -2.03. The molecule has 0 aliphatic rings. The van der Waals surface area contributed by atoms with Crippen molar-refractivity contribution in [3.63, 3.8) is 0 Å². The molecule has 0 radical (unpaired) electrons. The van der Waals surface area contributed by atoms with Crippen molar-refractivity contribution >= 4 is 21.6 Å². The summed E-state index contributed by atoms with van der Waals surface area (Å²) in [5, 5.41) is 2.79. The van der Waals surface area contributed by atoms with Crippen LogP contribution in [0, 0.1) is 0 Å². The lowest BCUT2D eigenvalue weighted by Gasteiger charge is -2.09. The second kappa shape index (κ2) is 10.7. The summed E-state index contributed by atoms with van der Waals surface area (Å²) in [6.07, 6.45) is 0.699. The SMILES string of the molecule is COCCOCCCNC(=O)c1ccc(NS(=O)(=O)c2ccccc2)cc1. The molecule has 0 heterocycles. The summed E-state index contributed by atoms with van der Waals surface area (Å²) in [5.74, 6) is -0.218. The Labute approximate surface area is 159 Å². The van der Waals surface area contributed by atoms with E-state index in [-0.39, 0.29) is 10.8 Å². The second-order valence-electron chi connectivity index (χ2n) is 5.71. The van der Waals surface area contributed by atoms with E-state index < -0.39 is 10.0 Å². The minimum absolute atomic E-state index is 0.180. The van der Waals surface area contributed by atoms with Gasteiger partial charge in [0.25, 0.3) is 15.9 Å². The number of rotatable bonds is 11. The molecule has 2 aromatic carbocycles. The van der Waals surface area contributed by atoms with Gasteiger partial charge in [-0.25, -0.2) is 8.42 Å². The van der Waals surface area contributed by atoms with Crippen LogP contribution >= 0.6 is 0 Å². The summed E-state index contributed by atoms with van der Waals surface area (Å²) in [4.78, 5) is 12.3. The van der Waals surface area contributed by atoms with Gasteiger partial charge in [0, 0.05) is 31.5 Å². The molecule has 0 fully saturated rings. The van der Waals surface area contributed by atoms with Crippen LogP contribution in [0.1, 0.15) is 16.8 Å². The Hall–Kier alpha value is -2.42. The summed E-state index contributed by atoms with van der Waals surface area (Å²) in [5.41, 5.74) is 0.847. The molecular formula is C19H24N2O5S. The number of benzene rings is 2. The van der Waals surface area contributed by atoms with Gasteiger partial charge >= 0.3 is 0 Å². The molecule has 0 spiro atoms. The fourth-order valence-corrected chi connectivity index (χ4v) is 3.31. The number of ether oxygens (including phenoxy) is 2. The molecule has 1 amide bonds. The van der Waals surface area contributed by atoms with E-state index in [2.05, 4.69) is 10.0 Å². The van der Waals surface area contributed by atoms with Crippen molar-refractivity contribution in [1.29, 1.82) is 0 Å². The van der Waals surface area contributed by atoms with Crippen LogP contribution in [0.5, 0.6) is 0 Å². The second-order valence-corrected chi connectivity index (χ2v) is 7.39. The van der Waals surface area contributed by atoms with Crippen LogP contribution in [0.25, 0.3) is 0 Å². The number of nitrogens with one attached hydrogen (secondary N) is 2. The molecule has 2 N–H and O–H groups in total. The molecule has 0 atom stereocenters. The molecule has 0 aliphatic heterocycles. The molecule has 0 unspecified atom stereocenters. The molecule has 0 aliphatic carbocycles. The first-order valence-electron chi connectivity index (χ1n) is 8.56. The van der Waals surface area contributed by atoms with Gasteiger partial charge in [0.05, 0.1) is 18.1 Å². The van der Waals surface area contributed by atoms with E-state index in [1.165, 1.54) is 12.1 Å². The van der Waals surface area contributed by atoms with Crippen molar-refractivity contribution in [2.75, 3.05) is 38.2 Å². The largest absolute Gasteiger partial charge is 0.382 e. The highest BCUT2D eigenvalue weighted by atomic mass is 32.2. The number of sulfonamides is 1. The van der Waals surface area contributed by atoms with Gasteiger partial charge in [-0.2, -0.15) is 0 Å². The lowest BCUT2D eigenvalue weighted by atomic mass is 10.2.